The van der Waals surface area contributed by atoms with Gasteiger partial charge in [-0.15, -0.1) is 0 Å². The molecule has 1 aliphatic rings. The van der Waals surface area contributed by atoms with Crippen molar-refractivity contribution in [3.63, 3.8) is 0 Å². The molecule has 0 aromatic carbocycles. The fourth-order valence-corrected chi connectivity index (χ4v) is 2.60. The van der Waals surface area contributed by atoms with Gasteiger partial charge in [-0.3, -0.25) is 4.90 Å². The van der Waals surface area contributed by atoms with Crippen LogP contribution < -0.4 is 0 Å². The maximum Gasteiger partial charge on any atom is 0.0618 e. The standard InChI is InChI=1S/C11H23NO/c1-5-10-6-7-11(8-13-4)12(10)9(2)3/h9-11H,5-8H2,1-4H3/t10-,11?/m1/s1. The third-order valence-corrected chi connectivity index (χ3v) is 3.10. The lowest BCUT2D eigenvalue weighted by Gasteiger charge is -2.33. The summed E-state index contributed by atoms with van der Waals surface area (Å²) in [5, 5.41) is 0. The molecule has 1 heterocycles. The Balaban J connectivity index is 2.56. The largest absolute Gasteiger partial charge is 0.383 e. The van der Waals surface area contributed by atoms with Gasteiger partial charge in [0.05, 0.1) is 6.61 Å². The molecule has 2 heteroatoms. The smallest absolute Gasteiger partial charge is 0.0618 e. The predicted molar refractivity (Wildman–Crippen MR) is 56.0 cm³/mol. The molecule has 0 spiro atoms. The van der Waals surface area contributed by atoms with Crippen molar-refractivity contribution in [3.05, 3.63) is 0 Å². The summed E-state index contributed by atoms with van der Waals surface area (Å²) in [6.07, 6.45) is 3.94. The van der Waals surface area contributed by atoms with Crippen LogP contribution >= 0.6 is 0 Å². The van der Waals surface area contributed by atoms with E-state index in [0.717, 1.165) is 12.6 Å². The van der Waals surface area contributed by atoms with E-state index < -0.39 is 0 Å². The average Bonchev–Trinajstić information content (AvgIpc) is 2.48. The van der Waals surface area contributed by atoms with Gasteiger partial charge in [-0.25, -0.2) is 0 Å². The van der Waals surface area contributed by atoms with Crippen LogP contribution in [0.4, 0.5) is 0 Å². The van der Waals surface area contributed by atoms with Gasteiger partial charge in [0.25, 0.3) is 0 Å². The summed E-state index contributed by atoms with van der Waals surface area (Å²) in [6, 6.07) is 2.11. The van der Waals surface area contributed by atoms with Crippen molar-refractivity contribution in [1.29, 1.82) is 0 Å². The van der Waals surface area contributed by atoms with E-state index in [1.807, 2.05) is 0 Å². The summed E-state index contributed by atoms with van der Waals surface area (Å²) >= 11 is 0. The molecule has 2 atom stereocenters. The van der Waals surface area contributed by atoms with Crippen LogP contribution in [0.25, 0.3) is 0 Å². The number of hydrogen-bond acceptors (Lipinski definition) is 2. The summed E-state index contributed by atoms with van der Waals surface area (Å²) in [5.74, 6) is 0. The van der Waals surface area contributed by atoms with E-state index in [1.165, 1.54) is 19.3 Å². The highest BCUT2D eigenvalue weighted by molar-refractivity contribution is 4.88. The zero-order chi connectivity index (χ0) is 9.84. The Bertz CT molecular complexity index is 147. The first-order valence-corrected chi connectivity index (χ1v) is 5.47. The van der Waals surface area contributed by atoms with Gasteiger partial charge in [0.15, 0.2) is 0 Å². The lowest BCUT2D eigenvalue weighted by Crippen LogP contribution is -2.43. The minimum absolute atomic E-state index is 0.660. The van der Waals surface area contributed by atoms with Crippen LogP contribution in [0.3, 0.4) is 0 Å². The highest BCUT2D eigenvalue weighted by Crippen LogP contribution is 2.28. The van der Waals surface area contributed by atoms with Gasteiger partial charge in [-0.1, -0.05) is 6.92 Å². The lowest BCUT2D eigenvalue weighted by atomic mass is 10.1. The van der Waals surface area contributed by atoms with E-state index in [4.69, 9.17) is 4.74 Å². The van der Waals surface area contributed by atoms with Gasteiger partial charge in [-0.05, 0) is 33.1 Å². The summed E-state index contributed by atoms with van der Waals surface area (Å²) in [5.41, 5.74) is 0. The highest BCUT2D eigenvalue weighted by Gasteiger charge is 2.33. The first-order chi connectivity index (χ1) is 6.20. The quantitative estimate of drug-likeness (QED) is 0.666. The molecule has 2 nitrogen and oxygen atoms in total. The molecule has 0 aromatic heterocycles. The Morgan fingerprint density at radius 2 is 1.92 bits per heavy atom. The number of nitrogens with zero attached hydrogens (tertiary/aromatic N) is 1. The number of rotatable bonds is 4. The Kier molecular flexibility index (Phi) is 4.20. The number of methoxy groups -OCH3 is 1. The van der Waals surface area contributed by atoms with Crippen molar-refractivity contribution < 1.29 is 4.74 Å². The number of hydrogen-bond donors (Lipinski definition) is 0. The molecule has 0 bridgehead atoms. The minimum Gasteiger partial charge on any atom is -0.383 e. The monoisotopic (exact) mass is 185 g/mol. The molecule has 1 saturated heterocycles. The molecule has 0 aliphatic carbocycles. The van der Waals surface area contributed by atoms with Crippen LogP contribution in [-0.4, -0.2) is 36.7 Å². The summed E-state index contributed by atoms with van der Waals surface area (Å²) in [4.78, 5) is 2.63. The molecule has 0 saturated carbocycles. The molecular formula is C11H23NO. The van der Waals surface area contributed by atoms with E-state index in [0.29, 0.717) is 12.1 Å². The fourth-order valence-electron chi connectivity index (χ4n) is 2.60. The molecular weight excluding hydrogens is 162 g/mol. The number of likely N-dealkylation sites (tertiary alicyclic amines) is 1. The third kappa shape index (κ3) is 2.44. The van der Waals surface area contributed by atoms with E-state index in [9.17, 15) is 0 Å². The second-order valence-electron chi connectivity index (χ2n) is 4.29. The predicted octanol–water partition coefficient (Wildman–Crippen LogP) is 2.28. The van der Waals surface area contributed by atoms with Gasteiger partial charge < -0.3 is 4.74 Å². The van der Waals surface area contributed by atoms with Gasteiger partial charge in [0, 0.05) is 25.2 Å². The highest BCUT2D eigenvalue weighted by atomic mass is 16.5. The lowest BCUT2D eigenvalue weighted by molar-refractivity contribution is 0.0741. The fraction of sp³-hybridized carbons (Fsp3) is 1.00. The second-order valence-corrected chi connectivity index (χ2v) is 4.29. The van der Waals surface area contributed by atoms with Crippen molar-refractivity contribution in [2.75, 3.05) is 13.7 Å². The van der Waals surface area contributed by atoms with Crippen LogP contribution in [0, 0.1) is 0 Å². The van der Waals surface area contributed by atoms with Crippen LogP contribution in [0.15, 0.2) is 0 Å². The maximum atomic E-state index is 5.26. The molecule has 0 aromatic rings. The zero-order valence-corrected chi connectivity index (χ0v) is 9.42. The van der Waals surface area contributed by atoms with Crippen molar-refractivity contribution >= 4 is 0 Å². The molecule has 0 N–H and O–H groups in total. The van der Waals surface area contributed by atoms with E-state index in [2.05, 4.69) is 25.7 Å². The number of ether oxygens (including phenoxy) is 1. The summed E-state index contributed by atoms with van der Waals surface area (Å²) in [7, 11) is 1.80. The van der Waals surface area contributed by atoms with Crippen molar-refractivity contribution in [1.82, 2.24) is 4.90 Å². The van der Waals surface area contributed by atoms with Gasteiger partial charge in [-0.2, -0.15) is 0 Å². The Labute approximate surface area is 82.3 Å². The summed E-state index contributed by atoms with van der Waals surface area (Å²) in [6.45, 7) is 7.76. The molecule has 1 unspecified atom stereocenters. The van der Waals surface area contributed by atoms with Gasteiger partial charge >= 0.3 is 0 Å². The average molecular weight is 185 g/mol. The van der Waals surface area contributed by atoms with Gasteiger partial charge in [0.1, 0.15) is 0 Å². The maximum absolute atomic E-state index is 5.26. The SMILES string of the molecule is CC[C@@H]1CCC(COC)N1C(C)C. The molecule has 1 rings (SSSR count). The first kappa shape index (κ1) is 11.0. The van der Waals surface area contributed by atoms with E-state index >= 15 is 0 Å². The normalized spacial score (nSPS) is 30.2. The zero-order valence-electron chi connectivity index (χ0n) is 9.42. The molecule has 0 amide bonds. The molecule has 13 heavy (non-hydrogen) atoms. The Morgan fingerprint density at radius 1 is 1.31 bits per heavy atom. The third-order valence-electron chi connectivity index (χ3n) is 3.10. The van der Waals surface area contributed by atoms with Crippen LogP contribution in [-0.2, 0) is 4.74 Å². The van der Waals surface area contributed by atoms with Crippen LogP contribution in [0.2, 0.25) is 0 Å². The van der Waals surface area contributed by atoms with Crippen molar-refractivity contribution in [2.24, 2.45) is 0 Å². The van der Waals surface area contributed by atoms with E-state index in [-0.39, 0.29) is 0 Å². The van der Waals surface area contributed by atoms with Crippen LogP contribution in [0.1, 0.15) is 40.0 Å². The first-order valence-electron chi connectivity index (χ1n) is 5.47. The second kappa shape index (κ2) is 4.97. The Hall–Kier alpha value is -0.0800. The molecule has 78 valence electrons. The summed E-state index contributed by atoms with van der Waals surface area (Å²) < 4.78 is 5.26. The topological polar surface area (TPSA) is 12.5 Å². The molecule has 1 aliphatic heterocycles. The molecule has 1 fully saturated rings. The van der Waals surface area contributed by atoms with Gasteiger partial charge in [0.2, 0.25) is 0 Å². The Morgan fingerprint density at radius 3 is 2.38 bits per heavy atom. The van der Waals surface area contributed by atoms with E-state index in [1.54, 1.807) is 7.11 Å². The van der Waals surface area contributed by atoms with Crippen molar-refractivity contribution in [3.8, 4) is 0 Å². The van der Waals surface area contributed by atoms with Crippen molar-refractivity contribution in [2.45, 2.75) is 58.2 Å². The minimum atomic E-state index is 0.660. The molecule has 0 radical (unpaired) electrons. The van der Waals surface area contributed by atoms with Crippen LogP contribution in [0.5, 0.6) is 0 Å².